The van der Waals surface area contributed by atoms with Crippen molar-refractivity contribution in [1.29, 1.82) is 0 Å². The summed E-state index contributed by atoms with van der Waals surface area (Å²) in [6, 6.07) is 1.38. The molecule has 0 spiro atoms. The molecule has 2 aliphatic rings. The van der Waals surface area contributed by atoms with Crippen molar-refractivity contribution < 1.29 is 103 Å². The molecule has 5 amide bonds. The second kappa shape index (κ2) is 41.0. The molecule has 1 aromatic heterocycles. The van der Waals surface area contributed by atoms with Crippen LogP contribution in [0, 0.1) is 0 Å². The number of nitrogens with one attached hydrogen (secondary N) is 6. The number of aliphatic carboxylic acids is 8. The molecule has 36 nitrogen and oxygen atoms in total. The van der Waals surface area contributed by atoms with Crippen LogP contribution in [0.1, 0.15) is 43.4 Å². The van der Waals surface area contributed by atoms with E-state index in [1.807, 2.05) is 0 Å². The van der Waals surface area contributed by atoms with E-state index in [9.17, 15) is 103 Å². The molecule has 2 saturated heterocycles. The van der Waals surface area contributed by atoms with Gasteiger partial charge >= 0.3 is 47.8 Å². The van der Waals surface area contributed by atoms with Gasteiger partial charge in [-0.1, -0.05) is 30.3 Å². The second-order valence-corrected chi connectivity index (χ2v) is 22.8. The van der Waals surface area contributed by atoms with Crippen molar-refractivity contribution >= 4 is 77.3 Å². The van der Waals surface area contributed by atoms with Crippen LogP contribution in [0.4, 0.5) is 0 Å². The first-order chi connectivity index (χ1) is 44.7. The Bertz CT molecular complexity index is 2780. The van der Waals surface area contributed by atoms with E-state index in [1.54, 1.807) is 30.3 Å². The van der Waals surface area contributed by atoms with E-state index in [1.165, 1.54) is 58.8 Å². The van der Waals surface area contributed by atoms with Gasteiger partial charge in [-0.15, -0.1) is 0 Å². The van der Waals surface area contributed by atoms with Gasteiger partial charge in [0.25, 0.3) is 0 Å². The Labute approximate surface area is 541 Å². The fourth-order valence-corrected chi connectivity index (χ4v) is 10.9. The highest BCUT2D eigenvalue weighted by molar-refractivity contribution is 5.94. The molecule has 0 aliphatic carbocycles. The first-order valence-corrected chi connectivity index (χ1v) is 30.7. The van der Waals surface area contributed by atoms with E-state index in [2.05, 4.69) is 36.6 Å². The smallest absolute Gasteiger partial charge is 0.320 e. The number of hydrogen-bond donors (Lipinski definition) is 14. The van der Waals surface area contributed by atoms with Crippen LogP contribution >= 0.6 is 0 Å². The number of likely N-dealkylation sites (N-methyl/N-ethyl adjacent to an activating group) is 1. The lowest BCUT2D eigenvalue weighted by molar-refractivity contribution is -0.145. The quantitative estimate of drug-likeness (QED) is 0.0306. The molecule has 14 N–H and O–H groups in total. The maximum absolute atomic E-state index is 14.7. The van der Waals surface area contributed by atoms with Gasteiger partial charge < -0.3 is 72.4 Å². The Morgan fingerprint density at radius 1 is 0.436 bits per heavy atom. The van der Waals surface area contributed by atoms with Crippen molar-refractivity contribution in [1.82, 2.24) is 75.8 Å². The first kappa shape index (κ1) is 77.7. The fourth-order valence-electron chi connectivity index (χ4n) is 10.9. The molecule has 94 heavy (non-hydrogen) atoms. The number of carboxylic acid groups (broad SMARTS) is 8. The number of rotatable bonds is 35. The number of amides is 5. The fraction of sp³-hybridized carbons (Fsp3) is 0.621. The van der Waals surface area contributed by atoms with E-state index >= 15 is 0 Å². The predicted molar refractivity (Wildman–Crippen MR) is 329 cm³/mol. The lowest BCUT2D eigenvalue weighted by Crippen LogP contribution is -2.58. The monoisotopic (exact) mass is 1330 g/mol. The zero-order chi connectivity index (χ0) is 69.3. The molecule has 3 heterocycles. The highest BCUT2D eigenvalue weighted by atomic mass is 16.4. The van der Waals surface area contributed by atoms with Crippen LogP contribution in [0.2, 0.25) is 0 Å². The SMILES string of the molecule is CNC(=O)[C@H](Cc1c[nH]cn1)NC(=O)[C@H](Cc1ccccc1)NC(=O)[C@H](CCNC(=O)CCC(C(=O)O)N1CCN(CC(=O)O)CCN(CC(=O)O)CCN(CC(=O)O)CC1)NC(=O)CCC(C(=O)O)N1CCN(CC(=O)O)CCN(CC(=O)O)CCN(CC(=O)O)CC1. The van der Waals surface area contributed by atoms with Gasteiger partial charge in [0.1, 0.15) is 30.2 Å². The van der Waals surface area contributed by atoms with Gasteiger partial charge in [0.15, 0.2) is 0 Å². The summed E-state index contributed by atoms with van der Waals surface area (Å²) in [6.07, 6.45) is 0.523. The third-order valence-electron chi connectivity index (χ3n) is 15.8. The maximum atomic E-state index is 14.7. The molecule has 5 atom stereocenters. The van der Waals surface area contributed by atoms with E-state index < -0.39 is 172 Å². The molecular weight excluding hydrogens is 1240 g/mol. The van der Waals surface area contributed by atoms with E-state index in [0.29, 0.717) is 11.3 Å². The van der Waals surface area contributed by atoms with Gasteiger partial charge in [0.05, 0.1) is 51.3 Å². The first-order valence-electron chi connectivity index (χ1n) is 30.7. The lowest BCUT2D eigenvalue weighted by Gasteiger charge is -2.35. The van der Waals surface area contributed by atoms with Gasteiger partial charge in [-0.3, -0.25) is 102 Å². The van der Waals surface area contributed by atoms with Gasteiger partial charge in [-0.25, -0.2) is 4.98 Å². The molecule has 522 valence electrons. The highest BCUT2D eigenvalue weighted by Crippen LogP contribution is 2.15. The van der Waals surface area contributed by atoms with Crippen LogP contribution in [0.5, 0.6) is 0 Å². The molecular formula is C58H89N15O21. The minimum Gasteiger partial charge on any atom is -0.480 e. The summed E-state index contributed by atoms with van der Waals surface area (Å²) in [5.41, 5.74) is 0.974. The van der Waals surface area contributed by atoms with Crippen molar-refractivity contribution in [2.24, 2.45) is 0 Å². The number of H-pyrrole nitrogens is 1. The lowest BCUT2D eigenvalue weighted by atomic mass is 10.0. The Morgan fingerprint density at radius 3 is 1.13 bits per heavy atom. The number of benzene rings is 1. The number of nitrogens with zero attached hydrogens (tertiary/aromatic N) is 9. The number of carbonyl (C=O) groups excluding carboxylic acids is 5. The average Bonchev–Trinajstić information content (AvgIpc) is 1.02. The minimum absolute atomic E-state index is 0.0152. The van der Waals surface area contributed by atoms with Crippen LogP contribution in [0.3, 0.4) is 0 Å². The maximum Gasteiger partial charge on any atom is 0.320 e. The summed E-state index contributed by atoms with van der Waals surface area (Å²) in [6.45, 7) is -3.08. The summed E-state index contributed by atoms with van der Waals surface area (Å²) in [4.78, 5) is 186. The normalized spacial score (nSPS) is 17.9. The molecule has 2 aliphatic heterocycles. The Balaban J connectivity index is 1.62. The summed E-state index contributed by atoms with van der Waals surface area (Å²) < 4.78 is 0. The third-order valence-corrected chi connectivity index (χ3v) is 15.8. The van der Waals surface area contributed by atoms with Crippen molar-refractivity contribution in [3.05, 3.63) is 54.1 Å². The minimum atomic E-state index is -1.59. The van der Waals surface area contributed by atoms with Crippen LogP contribution in [-0.4, -0.2) is 355 Å². The van der Waals surface area contributed by atoms with Gasteiger partial charge in [0.2, 0.25) is 29.5 Å². The number of aromatic amines is 1. The molecule has 2 aromatic rings. The van der Waals surface area contributed by atoms with E-state index in [-0.39, 0.29) is 131 Å². The molecule has 1 aromatic carbocycles. The number of carboxylic acids is 8. The standard InChI is InChI=1S/C58H89N15O21/c1-59-54(88)43(30-40-31-60-38-62-40)65-56(90)42(29-39-5-3-2-4-6-39)64-55(89)41(63-47(75)10-8-45(58(93)94)73-27-23-70(36-52(84)85)19-15-67(33-49(78)79)16-20-71(24-28-73)37-53(86)87)11-12-61-46(74)9-7-44(57(91)92)72-25-21-68(34-50(80)81)17-13-66(32-48(76)77)14-18-69(22-26-72)35-51(82)83/h2-6,31,38,41-45H,7-30,32-37H2,1H3,(H,59,88)(H,60,62)(H,61,74)(H,63,75)(H,64,89)(H,65,90)(H,76,77)(H,78,79)(H,80,81)(H,82,83)(H,84,85)(H,86,87)(H,91,92)(H,93,94)/t41-,42-,43-,44?,45?/m0/s1. The van der Waals surface area contributed by atoms with Crippen LogP contribution in [0.15, 0.2) is 42.9 Å². The molecule has 2 fully saturated rings. The Hall–Kier alpha value is -8.78. The van der Waals surface area contributed by atoms with E-state index in [4.69, 9.17) is 0 Å². The number of aromatic nitrogens is 2. The Kier molecular flexibility index (Phi) is 33.9. The number of carbonyl (C=O) groups is 13. The third kappa shape index (κ3) is 30.3. The van der Waals surface area contributed by atoms with Crippen molar-refractivity contribution in [2.75, 3.05) is 158 Å². The number of imidazole rings is 1. The van der Waals surface area contributed by atoms with Crippen LogP contribution < -0.4 is 26.6 Å². The second-order valence-electron chi connectivity index (χ2n) is 22.8. The van der Waals surface area contributed by atoms with Crippen molar-refractivity contribution in [2.45, 2.75) is 75.2 Å². The van der Waals surface area contributed by atoms with Crippen molar-refractivity contribution in [3.8, 4) is 0 Å². The zero-order valence-electron chi connectivity index (χ0n) is 52.6. The highest BCUT2D eigenvalue weighted by Gasteiger charge is 2.34. The average molecular weight is 1330 g/mol. The Morgan fingerprint density at radius 2 is 0.787 bits per heavy atom. The molecule has 0 saturated carbocycles. The summed E-state index contributed by atoms with van der Waals surface area (Å²) in [5.74, 6) is -13.9. The zero-order valence-corrected chi connectivity index (χ0v) is 52.6. The van der Waals surface area contributed by atoms with Gasteiger partial charge in [-0.2, -0.15) is 0 Å². The summed E-state index contributed by atoms with van der Waals surface area (Å²) in [7, 11) is 1.36. The summed E-state index contributed by atoms with van der Waals surface area (Å²) >= 11 is 0. The van der Waals surface area contributed by atoms with Crippen molar-refractivity contribution in [3.63, 3.8) is 0 Å². The van der Waals surface area contributed by atoms with Crippen LogP contribution in [0.25, 0.3) is 0 Å². The summed E-state index contributed by atoms with van der Waals surface area (Å²) in [5, 5.41) is 92.3. The molecule has 0 radical (unpaired) electrons. The molecule has 4 rings (SSSR count). The predicted octanol–water partition coefficient (Wildman–Crippen LogP) is -5.68. The van der Waals surface area contributed by atoms with Gasteiger partial charge in [-0.05, 0) is 24.8 Å². The molecule has 2 unspecified atom stereocenters. The topological polar surface area (TPSA) is 499 Å². The largest absolute Gasteiger partial charge is 0.480 e. The van der Waals surface area contributed by atoms with E-state index in [0.717, 1.165) is 0 Å². The van der Waals surface area contributed by atoms with Gasteiger partial charge in [0, 0.05) is 150 Å². The molecule has 0 bridgehead atoms. The number of hydrogen-bond acceptors (Lipinski definition) is 22. The van der Waals surface area contributed by atoms with Crippen LogP contribution in [-0.2, 0) is 75.2 Å². The molecule has 36 heteroatoms.